The Kier molecular flexibility index (Phi) is 2.61. The van der Waals surface area contributed by atoms with Crippen LogP contribution in [0.5, 0.6) is 0 Å². The molecule has 0 spiro atoms. The van der Waals surface area contributed by atoms with Crippen molar-refractivity contribution in [2.24, 2.45) is 0 Å². The molecule has 0 saturated carbocycles. The minimum Gasteiger partial charge on any atom is -0.545 e. The number of hydrogen-bond acceptors (Lipinski definition) is 4. The molecule has 0 bridgehead atoms. The normalized spacial score (nSPS) is 19.2. The zero-order chi connectivity index (χ0) is 12.8. The van der Waals surface area contributed by atoms with Crippen LogP contribution in [0.1, 0.15) is 22.8 Å². The van der Waals surface area contributed by atoms with Gasteiger partial charge in [0.05, 0.1) is 17.9 Å². The second kappa shape index (κ2) is 3.73. The topological polar surface area (TPSA) is 77.5 Å². The summed E-state index contributed by atoms with van der Waals surface area (Å²) in [5.41, 5.74) is 1.36. The molecule has 0 aromatic heterocycles. The average Bonchev–Trinajstić information content (AvgIpc) is 2.51. The highest BCUT2D eigenvalue weighted by Gasteiger charge is 2.32. The number of hydrogen-bond donors (Lipinski definition) is 0. The van der Waals surface area contributed by atoms with E-state index in [4.69, 9.17) is 0 Å². The Labute approximate surface area is 99.7 Å². The van der Waals surface area contributed by atoms with Crippen molar-refractivity contribution in [3.05, 3.63) is 29.3 Å². The van der Waals surface area contributed by atoms with Gasteiger partial charge in [-0.2, -0.15) is 0 Å². The lowest BCUT2D eigenvalue weighted by Crippen LogP contribution is -2.34. The number of aromatic carboxylic acids is 1. The Bertz CT molecular complexity index is 579. The molecule has 1 aromatic rings. The number of benzene rings is 1. The number of carboxylic acids is 1. The summed E-state index contributed by atoms with van der Waals surface area (Å²) in [5, 5.41) is 10.7. The summed E-state index contributed by atoms with van der Waals surface area (Å²) >= 11 is 0. The summed E-state index contributed by atoms with van der Waals surface area (Å²) in [4.78, 5) is 10.7. The number of fused-ring (bicyclic) bond motifs is 1. The smallest absolute Gasteiger partial charge is 0.232 e. The Morgan fingerprint density at radius 1 is 1.47 bits per heavy atom. The number of anilines is 1. The summed E-state index contributed by atoms with van der Waals surface area (Å²) in [5.74, 6) is -1.25. The maximum absolute atomic E-state index is 11.6. The van der Waals surface area contributed by atoms with E-state index in [0.29, 0.717) is 12.1 Å². The standard InChI is InChI=1S/C11H13NO4S/c1-7-5-9-6-8(11(13)14)3-4-10(9)12(7)17(2,15)16/h3-4,6-7H,5H2,1-2H3,(H,13,14)/p-1/t7-/m0/s1. The van der Waals surface area contributed by atoms with Gasteiger partial charge in [-0.25, -0.2) is 8.42 Å². The molecule has 0 fully saturated rings. The minimum atomic E-state index is -3.33. The number of carbonyl (C=O) groups is 1. The summed E-state index contributed by atoms with van der Waals surface area (Å²) in [6.07, 6.45) is 1.66. The van der Waals surface area contributed by atoms with Crippen molar-refractivity contribution in [1.82, 2.24) is 0 Å². The fourth-order valence-corrected chi connectivity index (χ4v) is 3.50. The molecule has 0 amide bonds. The van der Waals surface area contributed by atoms with Crippen LogP contribution in [0.3, 0.4) is 0 Å². The van der Waals surface area contributed by atoms with Crippen molar-refractivity contribution in [1.29, 1.82) is 0 Å². The average molecular weight is 254 g/mol. The van der Waals surface area contributed by atoms with Crippen LogP contribution in [0.2, 0.25) is 0 Å². The zero-order valence-electron chi connectivity index (χ0n) is 9.50. The fourth-order valence-electron chi connectivity index (χ4n) is 2.24. The van der Waals surface area contributed by atoms with Crippen LogP contribution in [0.15, 0.2) is 18.2 Å². The van der Waals surface area contributed by atoms with Crippen LogP contribution >= 0.6 is 0 Å². The molecule has 0 aliphatic carbocycles. The van der Waals surface area contributed by atoms with E-state index in [0.717, 1.165) is 11.8 Å². The van der Waals surface area contributed by atoms with E-state index in [9.17, 15) is 18.3 Å². The first-order valence-electron chi connectivity index (χ1n) is 5.14. The van der Waals surface area contributed by atoms with Gasteiger partial charge in [-0.05, 0) is 36.6 Å². The lowest BCUT2D eigenvalue weighted by Gasteiger charge is -2.22. The largest absolute Gasteiger partial charge is 0.545 e. The molecule has 1 heterocycles. The monoisotopic (exact) mass is 254 g/mol. The number of nitrogens with zero attached hydrogens (tertiary/aromatic N) is 1. The van der Waals surface area contributed by atoms with E-state index in [1.165, 1.54) is 22.5 Å². The van der Waals surface area contributed by atoms with E-state index in [1.54, 1.807) is 6.92 Å². The quantitative estimate of drug-likeness (QED) is 0.730. The zero-order valence-corrected chi connectivity index (χ0v) is 10.3. The first kappa shape index (κ1) is 11.9. The van der Waals surface area contributed by atoms with Crippen LogP contribution in [0, 0.1) is 0 Å². The van der Waals surface area contributed by atoms with Crippen LogP contribution in [0.4, 0.5) is 5.69 Å². The van der Waals surface area contributed by atoms with Crippen molar-refractivity contribution in [2.75, 3.05) is 10.6 Å². The third-order valence-corrected chi connectivity index (χ3v) is 4.10. The van der Waals surface area contributed by atoms with Crippen molar-refractivity contribution < 1.29 is 18.3 Å². The molecule has 1 aliphatic heterocycles. The van der Waals surface area contributed by atoms with Gasteiger partial charge in [-0.1, -0.05) is 6.07 Å². The van der Waals surface area contributed by atoms with Crippen LogP contribution in [-0.2, 0) is 16.4 Å². The molecule has 2 rings (SSSR count). The molecule has 1 aromatic carbocycles. The van der Waals surface area contributed by atoms with Gasteiger partial charge in [0.15, 0.2) is 0 Å². The molecule has 6 heteroatoms. The summed E-state index contributed by atoms with van der Waals surface area (Å²) < 4.78 is 24.6. The van der Waals surface area contributed by atoms with Gasteiger partial charge in [-0.3, -0.25) is 4.31 Å². The van der Waals surface area contributed by atoms with Gasteiger partial charge in [-0.15, -0.1) is 0 Å². The van der Waals surface area contributed by atoms with Crippen molar-refractivity contribution >= 4 is 21.7 Å². The molecule has 5 nitrogen and oxygen atoms in total. The molecule has 0 unspecified atom stereocenters. The van der Waals surface area contributed by atoms with Crippen molar-refractivity contribution in [3.8, 4) is 0 Å². The molecule has 1 atom stereocenters. The van der Waals surface area contributed by atoms with Crippen LogP contribution in [0.25, 0.3) is 0 Å². The minimum absolute atomic E-state index is 0.0753. The number of carboxylic acid groups (broad SMARTS) is 1. The van der Waals surface area contributed by atoms with Gasteiger partial charge >= 0.3 is 0 Å². The maximum Gasteiger partial charge on any atom is 0.232 e. The molecule has 0 N–H and O–H groups in total. The Hall–Kier alpha value is -1.56. The number of carbonyl (C=O) groups excluding carboxylic acids is 1. The lowest BCUT2D eigenvalue weighted by molar-refractivity contribution is -0.255. The Balaban J connectivity index is 2.53. The van der Waals surface area contributed by atoms with Crippen LogP contribution < -0.4 is 9.41 Å². The molecule has 0 radical (unpaired) electrons. The predicted octanol–water partition coefficient (Wildman–Crippen LogP) is -0.239. The Morgan fingerprint density at radius 2 is 2.12 bits per heavy atom. The van der Waals surface area contributed by atoms with Gasteiger partial charge in [0, 0.05) is 6.04 Å². The first-order chi connectivity index (χ1) is 7.80. The maximum atomic E-state index is 11.6. The highest BCUT2D eigenvalue weighted by atomic mass is 32.2. The second-order valence-electron chi connectivity index (χ2n) is 4.24. The predicted molar refractivity (Wildman–Crippen MR) is 61.3 cm³/mol. The fraction of sp³-hybridized carbons (Fsp3) is 0.364. The first-order valence-corrected chi connectivity index (χ1v) is 6.99. The van der Waals surface area contributed by atoms with E-state index in [2.05, 4.69) is 0 Å². The Morgan fingerprint density at radius 3 is 2.65 bits per heavy atom. The van der Waals surface area contributed by atoms with E-state index >= 15 is 0 Å². The lowest BCUT2D eigenvalue weighted by atomic mass is 10.1. The molecular formula is C11H12NO4S-. The molecular weight excluding hydrogens is 242 g/mol. The second-order valence-corrected chi connectivity index (χ2v) is 6.10. The molecule has 92 valence electrons. The van der Waals surface area contributed by atoms with Gasteiger partial charge in [0.25, 0.3) is 0 Å². The van der Waals surface area contributed by atoms with Gasteiger partial charge in [0.1, 0.15) is 0 Å². The van der Waals surface area contributed by atoms with E-state index in [-0.39, 0.29) is 11.6 Å². The van der Waals surface area contributed by atoms with E-state index in [1.807, 2.05) is 0 Å². The highest BCUT2D eigenvalue weighted by molar-refractivity contribution is 7.92. The SMILES string of the molecule is C[C@H]1Cc2cc(C(=O)[O-])ccc2N1S(C)(=O)=O. The summed E-state index contributed by atoms with van der Waals surface area (Å²) in [6.45, 7) is 1.79. The molecule has 0 saturated heterocycles. The van der Waals surface area contributed by atoms with Crippen LogP contribution in [-0.4, -0.2) is 26.7 Å². The highest BCUT2D eigenvalue weighted by Crippen LogP contribution is 2.34. The van der Waals surface area contributed by atoms with E-state index < -0.39 is 16.0 Å². The summed E-state index contributed by atoms with van der Waals surface area (Å²) in [7, 11) is -3.33. The van der Waals surface area contributed by atoms with Gasteiger partial charge in [0.2, 0.25) is 10.0 Å². The number of rotatable bonds is 2. The van der Waals surface area contributed by atoms with Crippen molar-refractivity contribution in [2.45, 2.75) is 19.4 Å². The third-order valence-electron chi connectivity index (χ3n) is 2.83. The number of sulfonamides is 1. The molecule has 1 aliphatic rings. The summed E-state index contributed by atoms with van der Waals surface area (Å²) in [6, 6.07) is 4.18. The van der Waals surface area contributed by atoms with Gasteiger partial charge < -0.3 is 9.90 Å². The third kappa shape index (κ3) is 2.00. The van der Waals surface area contributed by atoms with Crippen molar-refractivity contribution in [3.63, 3.8) is 0 Å². The molecule has 17 heavy (non-hydrogen) atoms.